The van der Waals surface area contributed by atoms with Crippen LogP contribution in [0.15, 0.2) is 218 Å². The van der Waals surface area contributed by atoms with Gasteiger partial charge in [0, 0.05) is 53.2 Å². The number of aromatic nitrogens is 4. The molecule has 0 radical (unpaired) electrons. The lowest BCUT2D eigenvalue weighted by Gasteiger charge is -2.18. The fourth-order valence-electron chi connectivity index (χ4n) is 8.92. The highest BCUT2D eigenvalue weighted by Crippen LogP contribution is 2.42. The van der Waals surface area contributed by atoms with Crippen LogP contribution < -0.4 is 0 Å². The summed E-state index contributed by atoms with van der Waals surface area (Å²) in [6.07, 6.45) is 0. The maximum absolute atomic E-state index is 5.39. The van der Waals surface area contributed by atoms with Crippen molar-refractivity contribution in [2.75, 3.05) is 0 Å². The van der Waals surface area contributed by atoms with Crippen molar-refractivity contribution >= 4 is 53.3 Å². The molecule has 3 aromatic heterocycles. The molecule has 3 heterocycles. The lowest BCUT2D eigenvalue weighted by Crippen LogP contribution is -2.04. The summed E-state index contributed by atoms with van der Waals surface area (Å²) in [4.78, 5) is 15.9. The minimum absolute atomic E-state index is 0.601. The van der Waals surface area contributed by atoms with Gasteiger partial charge in [0.25, 0.3) is 0 Å². The first-order valence-electron chi connectivity index (χ1n) is 20.8. The van der Waals surface area contributed by atoms with Gasteiger partial charge in [0.1, 0.15) is 0 Å². The van der Waals surface area contributed by atoms with Crippen molar-refractivity contribution in [3.63, 3.8) is 0 Å². The van der Waals surface area contributed by atoms with E-state index in [2.05, 4.69) is 205 Å². The molecule has 5 heteroatoms. The minimum Gasteiger partial charge on any atom is -0.308 e. The number of hydrogen-bond donors (Lipinski definition) is 0. The Bertz CT molecular complexity index is 3630. The second-order valence-corrected chi connectivity index (χ2v) is 16.7. The third-order valence-corrected chi connectivity index (χ3v) is 13.0. The van der Waals surface area contributed by atoms with E-state index in [1.54, 1.807) is 0 Å². The van der Waals surface area contributed by atoms with Gasteiger partial charge < -0.3 is 4.57 Å². The SMILES string of the molecule is c1ccc(-c2ccc(-c3nc(-c4ccccc4)nc(-c4cccc(-c5ccc6c(c5)sc5ccccc56)c4)n3)c(-n3c4ccccc4c4cccc(-c5ccccc5)c43)c2)cc1. The van der Waals surface area contributed by atoms with E-state index < -0.39 is 0 Å². The molecule has 4 nitrogen and oxygen atoms in total. The van der Waals surface area contributed by atoms with E-state index in [1.807, 2.05) is 29.5 Å². The van der Waals surface area contributed by atoms with Crippen LogP contribution in [0.1, 0.15) is 0 Å². The largest absolute Gasteiger partial charge is 0.308 e. The molecule has 0 fully saturated rings. The molecule has 290 valence electrons. The van der Waals surface area contributed by atoms with E-state index in [-0.39, 0.29) is 0 Å². The van der Waals surface area contributed by atoms with Crippen molar-refractivity contribution < 1.29 is 0 Å². The molecule has 0 saturated heterocycles. The zero-order chi connectivity index (χ0) is 41.0. The van der Waals surface area contributed by atoms with E-state index >= 15 is 0 Å². The monoisotopic (exact) mass is 808 g/mol. The summed E-state index contributed by atoms with van der Waals surface area (Å²) in [7, 11) is 0. The van der Waals surface area contributed by atoms with Crippen LogP contribution in [0.25, 0.3) is 115 Å². The zero-order valence-corrected chi connectivity index (χ0v) is 34.3. The molecule has 0 N–H and O–H groups in total. The molecule has 9 aromatic carbocycles. The van der Waals surface area contributed by atoms with Crippen molar-refractivity contribution in [1.29, 1.82) is 0 Å². The van der Waals surface area contributed by atoms with Crippen LogP contribution in [-0.4, -0.2) is 19.5 Å². The van der Waals surface area contributed by atoms with Gasteiger partial charge in [-0.2, -0.15) is 0 Å². The van der Waals surface area contributed by atoms with Crippen LogP contribution in [0.4, 0.5) is 0 Å². The molecule has 0 unspecified atom stereocenters. The van der Waals surface area contributed by atoms with Crippen molar-refractivity contribution in [2.45, 2.75) is 0 Å². The van der Waals surface area contributed by atoms with E-state index in [9.17, 15) is 0 Å². The highest BCUT2D eigenvalue weighted by Gasteiger charge is 2.22. The summed E-state index contributed by atoms with van der Waals surface area (Å²) in [5.41, 5.74) is 12.8. The summed E-state index contributed by atoms with van der Waals surface area (Å²) in [6, 6.07) is 77.5. The summed E-state index contributed by atoms with van der Waals surface area (Å²) in [6.45, 7) is 0. The van der Waals surface area contributed by atoms with Crippen LogP contribution >= 0.6 is 11.3 Å². The highest BCUT2D eigenvalue weighted by molar-refractivity contribution is 7.25. The lowest BCUT2D eigenvalue weighted by molar-refractivity contribution is 1.06. The molecule has 12 rings (SSSR count). The predicted molar refractivity (Wildman–Crippen MR) is 260 cm³/mol. The summed E-state index contributed by atoms with van der Waals surface area (Å²) in [5, 5.41) is 4.95. The number of para-hydroxylation sites is 2. The second kappa shape index (κ2) is 14.9. The lowest BCUT2D eigenvalue weighted by atomic mass is 10.00. The van der Waals surface area contributed by atoms with Gasteiger partial charge in [-0.3, -0.25) is 0 Å². The molecular weight excluding hydrogens is 773 g/mol. The van der Waals surface area contributed by atoms with E-state index in [1.165, 1.54) is 30.9 Å². The average Bonchev–Trinajstić information content (AvgIpc) is 3.90. The maximum Gasteiger partial charge on any atom is 0.166 e. The van der Waals surface area contributed by atoms with Gasteiger partial charge in [0.2, 0.25) is 0 Å². The van der Waals surface area contributed by atoms with Gasteiger partial charge in [-0.25, -0.2) is 15.0 Å². The maximum atomic E-state index is 5.39. The molecule has 0 saturated carbocycles. The Kier molecular flexibility index (Phi) is 8.65. The normalized spacial score (nSPS) is 11.5. The van der Waals surface area contributed by atoms with Crippen LogP contribution in [0.5, 0.6) is 0 Å². The number of nitrogens with zero attached hydrogens (tertiary/aromatic N) is 4. The first kappa shape index (κ1) is 35.9. The number of benzene rings is 9. The minimum atomic E-state index is 0.601. The smallest absolute Gasteiger partial charge is 0.166 e. The molecule has 0 amide bonds. The fourth-order valence-corrected chi connectivity index (χ4v) is 10.1. The van der Waals surface area contributed by atoms with Gasteiger partial charge in [-0.05, 0) is 64.2 Å². The molecule has 0 aliphatic carbocycles. The third-order valence-electron chi connectivity index (χ3n) is 11.9. The number of fused-ring (bicyclic) bond motifs is 6. The predicted octanol–water partition coefficient (Wildman–Crippen LogP) is 15.3. The zero-order valence-electron chi connectivity index (χ0n) is 33.5. The van der Waals surface area contributed by atoms with E-state index in [0.717, 1.165) is 66.8 Å². The first-order chi connectivity index (χ1) is 30.7. The Labute approximate surface area is 362 Å². The van der Waals surface area contributed by atoms with Crippen molar-refractivity contribution in [3.8, 4) is 73.2 Å². The molecule has 0 bridgehead atoms. The van der Waals surface area contributed by atoms with Crippen LogP contribution in [0, 0.1) is 0 Å². The standard InChI is InChI=1S/C57H36N4S/c1-4-16-37(17-5-1)41-31-33-49(51(35-41)61-50-28-12-10-24-45(50)48-27-15-26-44(54(48)61)38-18-6-2-7-19-38)57-59-55(39-20-8-3-9-21-39)58-56(60-57)43-23-14-22-40(34-43)42-30-32-47-46-25-11-13-29-52(46)62-53(47)36-42/h1-36H. The van der Waals surface area contributed by atoms with Gasteiger partial charge in [0.15, 0.2) is 17.5 Å². The number of thiophene rings is 1. The molecule has 12 aromatic rings. The molecule has 0 aliphatic rings. The molecule has 0 atom stereocenters. The number of hydrogen-bond acceptors (Lipinski definition) is 4. The second-order valence-electron chi connectivity index (χ2n) is 15.6. The molecule has 0 aliphatic heterocycles. The Hall–Kier alpha value is -7.99. The summed E-state index contributed by atoms with van der Waals surface area (Å²) in [5.74, 6) is 1.83. The van der Waals surface area contributed by atoms with Gasteiger partial charge in [-0.15, -0.1) is 11.3 Å². The number of rotatable bonds is 7. The quantitative estimate of drug-likeness (QED) is 0.161. The van der Waals surface area contributed by atoms with Gasteiger partial charge in [0.05, 0.1) is 16.7 Å². The Morgan fingerprint density at radius 2 is 0.855 bits per heavy atom. The van der Waals surface area contributed by atoms with Gasteiger partial charge >= 0.3 is 0 Å². The fraction of sp³-hybridized carbons (Fsp3) is 0. The van der Waals surface area contributed by atoms with Crippen molar-refractivity contribution in [2.24, 2.45) is 0 Å². The van der Waals surface area contributed by atoms with E-state index in [0.29, 0.717) is 17.5 Å². The van der Waals surface area contributed by atoms with Crippen LogP contribution in [-0.2, 0) is 0 Å². The Morgan fingerprint density at radius 3 is 1.66 bits per heavy atom. The Morgan fingerprint density at radius 1 is 0.306 bits per heavy atom. The summed E-state index contributed by atoms with van der Waals surface area (Å²) < 4.78 is 4.99. The average molecular weight is 809 g/mol. The molecule has 0 spiro atoms. The topological polar surface area (TPSA) is 43.6 Å². The molecular formula is C57H36N4S. The molecule has 62 heavy (non-hydrogen) atoms. The third kappa shape index (κ3) is 6.18. The Balaban J connectivity index is 1.10. The summed E-state index contributed by atoms with van der Waals surface area (Å²) >= 11 is 1.84. The highest BCUT2D eigenvalue weighted by atomic mass is 32.1. The van der Waals surface area contributed by atoms with Crippen LogP contribution in [0.2, 0.25) is 0 Å². The van der Waals surface area contributed by atoms with Crippen molar-refractivity contribution in [3.05, 3.63) is 218 Å². The van der Waals surface area contributed by atoms with E-state index in [4.69, 9.17) is 15.0 Å². The van der Waals surface area contributed by atoms with Gasteiger partial charge in [-0.1, -0.05) is 182 Å². The van der Waals surface area contributed by atoms with Crippen LogP contribution in [0.3, 0.4) is 0 Å². The van der Waals surface area contributed by atoms with Crippen molar-refractivity contribution in [1.82, 2.24) is 19.5 Å². The first-order valence-corrected chi connectivity index (χ1v) is 21.7.